The normalized spacial score (nSPS) is 11.8. The fraction of sp³-hybridized carbons (Fsp3) is 0.143. The topological polar surface area (TPSA) is 42.0 Å². The van der Waals surface area contributed by atoms with Gasteiger partial charge in [0.15, 0.2) is 0 Å². The van der Waals surface area contributed by atoms with Crippen molar-refractivity contribution in [1.29, 1.82) is 0 Å². The molecule has 2 aromatic carbocycles. The molecular weight excluding hydrogens is 367 g/mol. The summed E-state index contributed by atoms with van der Waals surface area (Å²) in [4.78, 5) is 16.7. The number of aromatic nitrogens is 1. The lowest BCUT2D eigenvalue weighted by atomic mass is 10.00. The first-order valence-electron chi connectivity index (χ1n) is 8.22. The maximum atomic E-state index is 12.5. The Morgan fingerprint density at radius 1 is 0.962 bits per heavy atom. The van der Waals surface area contributed by atoms with E-state index < -0.39 is 0 Å². The van der Waals surface area contributed by atoms with Crippen LogP contribution in [0.5, 0.6) is 0 Å². The largest absolute Gasteiger partial charge is 0.326 e. The summed E-state index contributed by atoms with van der Waals surface area (Å²) in [5.74, 6) is -0.482. The van der Waals surface area contributed by atoms with Gasteiger partial charge in [-0.3, -0.25) is 9.78 Å². The molecule has 0 spiro atoms. The van der Waals surface area contributed by atoms with Gasteiger partial charge in [-0.2, -0.15) is 0 Å². The maximum absolute atomic E-state index is 12.5. The standard InChI is InChI=1S/C21H18Cl2N2O/c1-13-9-16(7-8-24-13)15-3-5-20(6-4-15)25-21(26)14(2)17-10-18(22)12-19(23)11-17/h3-12,14H,1-2H3,(H,25,26). The summed E-state index contributed by atoms with van der Waals surface area (Å²) < 4.78 is 0. The third-order valence-electron chi connectivity index (χ3n) is 4.16. The number of nitrogens with one attached hydrogen (secondary N) is 1. The van der Waals surface area contributed by atoms with Crippen molar-refractivity contribution < 1.29 is 4.79 Å². The number of halogens is 2. The van der Waals surface area contributed by atoms with Crippen molar-refractivity contribution in [2.45, 2.75) is 19.8 Å². The van der Waals surface area contributed by atoms with Crippen LogP contribution in [0.4, 0.5) is 5.69 Å². The van der Waals surface area contributed by atoms with Crippen molar-refractivity contribution in [1.82, 2.24) is 4.98 Å². The molecule has 1 N–H and O–H groups in total. The Bertz CT molecular complexity index is 919. The first-order valence-corrected chi connectivity index (χ1v) is 8.98. The van der Waals surface area contributed by atoms with Crippen LogP contribution in [0.3, 0.4) is 0 Å². The molecule has 3 rings (SSSR count). The van der Waals surface area contributed by atoms with Gasteiger partial charge in [-0.25, -0.2) is 0 Å². The van der Waals surface area contributed by atoms with E-state index in [-0.39, 0.29) is 11.8 Å². The number of aryl methyl sites for hydroxylation is 1. The van der Waals surface area contributed by atoms with Gasteiger partial charge in [-0.15, -0.1) is 0 Å². The predicted molar refractivity (Wildman–Crippen MR) is 108 cm³/mol. The molecule has 26 heavy (non-hydrogen) atoms. The molecule has 1 amide bonds. The highest BCUT2D eigenvalue weighted by Gasteiger charge is 2.16. The monoisotopic (exact) mass is 384 g/mol. The first-order chi connectivity index (χ1) is 12.4. The lowest BCUT2D eigenvalue weighted by molar-refractivity contribution is -0.117. The van der Waals surface area contributed by atoms with E-state index in [2.05, 4.69) is 10.3 Å². The highest BCUT2D eigenvalue weighted by atomic mass is 35.5. The molecule has 0 aliphatic rings. The minimum Gasteiger partial charge on any atom is -0.326 e. The van der Waals surface area contributed by atoms with Gasteiger partial charge in [0, 0.05) is 27.6 Å². The van der Waals surface area contributed by atoms with Crippen LogP contribution in [0, 0.1) is 6.92 Å². The Labute approximate surface area is 163 Å². The van der Waals surface area contributed by atoms with Gasteiger partial charge in [-0.05, 0) is 73.0 Å². The Balaban J connectivity index is 1.73. The zero-order chi connectivity index (χ0) is 18.7. The summed E-state index contributed by atoms with van der Waals surface area (Å²) in [5, 5.41) is 3.97. The molecule has 0 aliphatic carbocycles. The zero-order valence-corrected chi connectivity index (χ0v) is 16.0. The molecule has 0 bridgehead atoms. The summed E-state index contributed by atoms with van der Waals surface area (Å²) >= 11 is 12.1. The highest BCUT2D eigenvalue weighted by molar-refractivity contribution is 6.34. The number of hydrogen-bond acceptors (Lipinski definition) is 2. The molecule has 0 saturated carbocycles. The molecule has 3 nitrogen and oxygen atoms in total. The second-order valence-corrected chi connectivity index (χ2v) is 7.05. The zero-order valence-electron chi connectivity index (χ0n) is 14.5. The minimum absolute atomic E-state index is 0.115. The van der Waals surface area contributed by atoms with Gasteiger partial charge in [0.1, 0.15) is 0 Å². The fourth-order valence-electron chi connectivity index (χ4n) is 2.70. The molecule has 132 valence electrons. The number of amides is 1. The van der Waals surface area contributed by atoms with Crippen molar-refractivity contribution in [3.8, 4) is 11.1 Å². The third kappa shape index (κ3) is 4.43. The van der Waals surface area contributed by atoms with E-state index in [0.29, 0.717) is 10.0 Å². The van der Waals surface area contributed by atoms with Crippen LogP contribution in [0.25, 0.3) is 11.1 Å². The average Bonchev–Trinajstić information content (AvgIpc) is 2.61. The maximum Gasteiger partial charge on any atom is 0.231 e. The molecule has 1 atom stereocenters. The van der Waals surface area contributed by atoms with Crippen LogP contribution < -0.4 is 5.32 Å². The summed E-state index contributed by atoms with van der Waals surface area (Å²) in [5.41, 5.74) is 4.66. The number of nitrogens with zero attached hydrogens (tertiary/aromatic N) is 1. The number of rotatable bonds is 4. The molecule has 0 radical (unpaired) electrons. The summed E-state index contributed by atoms with van der Waals surface area (Å²) in [6.45, 7) is 3.78. The summed E-state index contributed by atoms with van der Waals surface area (Å²) in [6, 6.07) is 16.9. The van der Waals surface area contributed by atoms with Gasteiger partial charge in [0.2, 0.25) is 5.91 Å². The quantitative estimate of drug-likeness (QED) is 0.589. The van der Waals surface area contributed by atoms with E-state index in [1.165, 1.54) is 0 Å². The SMILES string of the molecule is Cc1cc(-c2ccc(NC(=O)C(C)c3cc(Cl)cc(Cl)c3)cc2)ccn1. The minimum atomic E-state index is -0.367. The number of pyridine rings is 1. The van der Waals surface area contributed by atoms with Gasteiger partial charge in [-0.1, -0.05) is 35.3 Å². The van der Waals surface area contributed by atoms with E-state index in [4.69, 9.17) is 23.2 Å². The summed E-state index contributed by atoms with van der Waals surface area (Å²) in [7, 11) is 0. The first kappa shape index (κ1) is 18.4. The Hall–Kier alpha value is -2.36. The van der Waals surface area contributed by atoms with Crippen LogP contribution in [0.1, 0.15) is 24.1 Å². The molecule has 1 aromatic heterocycles. The van der Waals surface area contributed by atoms with Crippen molar-refractivity contribution in [3.05, 3.63) is 82.1 Å². The van der Waals surface area contributed by atoms with Crippen molar-refractivity contribution in [2.75, 3.05) is 5.32 Å². The molecule has 1 heterocycles. The molecule has 1 unspecified atom stereocenters. The smallest absolute Gasteiger partial charge is 0.231 e. The van der Waals surface area contributed by atoms with Crippen molar-refractivity contribution in [3.63, 3.8) is 0 Å². The Morgan fingerprint density at radius 2 is 1.62 bits per heavy atom. The van der Waals surface area contributed by atoms with E-state index in [1.807, 2.05) is 50.2 Å². The number of carbonyl (C=O) groups excluding carboxylic acids is 1. The van der Waals surface area contributed by atoms with Gasteiger partial charge in [0.05, 0.1) is 5.92 Å². The van der Waals surface area contributed by atoms with E-state index in [0.717, 1.165) is 28.1 Å². The second kappa shape index (κ2) is 7.90. The lowest BCUT2D eigenvalue weighted by Crippen LogP contribution is -2.18. The molecule has 0 aliphatic heterocycles. The van der Waals surface area contributed by atoms with Crippen LogP contribution in [0.2, 0.25) is 10.0 Å². The van der Waals surface area contributed by atoms with E-state index >= 15 is 0 Å². The van der Waals surface area contributed by atoms with Crippen LogP contribution in [-0.4, -0.2) is 10.9 Å². The molecular formula is C21H18Cl2N2O. The number of hydrogen-bond donors (Lipinski definition) is 1. The van der Waals surface area contributed by atoms with E-state index in [9.17, 15) is 4.79 Å². The number of carbonyl (C=O) groups is 1. The van der Waals surface area contributed by atoms with Crippen molar-refractivity contribution in [2.24, 2.45) is 0 Å². The third-order valence-corrected chi connectivity index (χ3v) is 4.60. The van der Waals surface area contributed by atoms with Crippen molar-refractivity contribution >= 4 is 34.8 Å². The Kier molecular flexibility index (Phi) is 5.60. The highest BCUT2D eigenvalue weighted by Crippen LogP contribution is 2.26. The second-order valence-electron chi connectivity index (χ2n) is 6.18. The summed E-state index contributed by atoms with van der Waals surface area (Å²) in [6.07, 6.45) is 1.79. The van der Waals surface area contributed by atoms with Gasteiger partial charge in [0.25, 0.3) is 0 Å². The van der Waals surface area contributed by atoms with Crippen LogP contribution in [-0.2, 0) is 4.79 Å². The van der Waals surface area contributed by atoms with Crippen LogP contribution in [0.15, 0.2) is 60.8 Å². The molecule has 0 saturated heterocycles. The van der Waals surface area contributed by atoms with Gasteiger partial charge < -0.3 is 5.32 Å². The average molecular weight is 385 g/mol. The molecule has 5 heteroatoms. The predicted octanol–water partition coefficient (Wildman–Crippen LogP) is 6.11. The fourth-order valence-corrected chi connectivity index (χ4v) is 3.24. The van der Waals surface area contributed by atoms with Crippen LogP contribution >= 0.6 is 23.2 Å². The van der Waals surface area contributed by atoms with E-state index in [1.54, 1.807) is 24.4 Å². The van der Waals surface area contributed by atoms with Gasteiger partial charge >= 0.3 is 0 Å². The number of benzene rings is 2. The lowest BCUT2D eigenvalue weighted by Gasteiger charge is -2.14. The molecule has 0 fully saturated rings. The Morgan fingerprint density at radius 3 is 2.23 bits per heavy atom. The molecule has 3 aromatic rings. The number of anilines is 1.